The first-order valence-electron chi connectivity index (χ1n) is 7.31. The van der Waals surface area contributed by atoms with E-state index >= 15 is 0 Å². The first-order chi connectivity index (χ1) is 10.2. The van der Waals surface area contributed by atoms with Crippen LogP contribution in [0.15, 0.2) is 41.1 Å². The predicted octanol–water partition coefficient (Wildman–Crippen LogP) is 4.81. The van der Waals surface area contributed by atoms with Crippen molar-refractivity contribution in [3.63, 3.8) is 0 Å². The summed E-state index contributed by atoms with van der Waals surface area (Å²) in [7, 11) is 0. The average molecular weight is 320 g/mol. The van der Waals surface area contributed by atoms with Crippen LogP contribution in [-0.4, -0.2) is 23.9 Å². The van der Waals surface area contributed by atoms with Crippen molar-refractivity contribution in [1.82, 2.24) is 4.90 Å². The highest BCUT2D eigenvalue weighted by Crippen LogP contribution is 2.28. The van der Waals surface area contributed by atoms with Gasteiger partial charge in [0, 0.05) is 29.4 Å². The molecule has 0 bridgehead atoms. The zero-order valence-corrected chi connectivity index (χ0v) is 13.4. The van der Waals surface area contributed by atoms with Crippen molar-refractivity contribution in [2.24, 2.45) is 0 Å². The van der Waals surface area contributed by atoms with E-state index in [2.05, 4.69) is 12.1 Å². The summed E-state index contributed by atoms with van der Waals surface area (Å²) < 4.78 is 0. The van der Waals surface area contributed by atoms with Gasteiger partial charge in [0.15, 0.2) is 0 Å². The molecule has 3 rings (SSSR count). The van der Waals surface area contributed by atoms with E-state index in [0.29, 0.717) is 5.92 Å². The number of rotatable bonds is 2. The molecule has 1 saturated heterocycles. The van der Waals surface area contributed by atoms with E-state index < -0.39 is 0 Å². The third-order valence-corrected chi connectivity index (χ3v) is 5.00. The Balaban J connectivity index is 1.77. The van der Waals surface area contributed by atoms with Gasteiger partial charge < -0.3 is 4.90 Å². The minimum Gasteiger partial charge on any atom is -0.338 e. The monoisotopic (exact) mass is 319 g/mol. The molecule has 1 aliphatic rings. The van der Waals surface area contributed by atoms with E-state index in [4.69, 9.17) is 11.6 Å². The number of nitrogens with zero attached hydrogens (tertiary/aromatic N) is 1. The molecule has 4 heteroatoms. The van der Waals surface area contributed by atoms with Gasteiger partial charge in [-0.15, -0.1) is 0 Å². The minimum atomic E-state index is 0.164. The molecule has 0 unspecified atom stereocenters. The van der Waals surface area contributed by atoms with Crippen LogP contribution in [0.2, 0.25) is 5.02 Å². The van der Waals surface area contributed by atoms with E-state index in [1.807, 2.05) is 33.9 Å². The van der Waals surface area contributed by atoms with Gasteiger partial charge in [-0.25, -0.2) is 0 Å². The highest BCUT2D eigenvalue weighted by atomic mass is 35.5. The van der Waals surface area contributed by atoms with Crippen molar-refractivity contribution in [3.05, 3.63) is 57.2 Å². The highest BCUT2D eigenvalue weighted by molar-refractivity contribution is 7.08. The maximum absolute atomic E-state index is 12.6. The number of halogens is 1. The summed E-state index contributed by atoms with van der Waals surface area (Å²) in [5, 5.41) is 4.66. The first-order valence-corrected chi connectivity index (χ1v) is 8.63. The largest absolute Gasteiger partial charge is 0.338 e. The summed E-state index contributed by atoms with van der Waals surface area (Å²) in [6.45, 7) is 1.66. The van der Waals surface area contributed by atoms with Crippen LogP contribution in [0, 0.1) is 0 Å². The Morgan fingerprint density at radius 2 is 2.00 bits per heavy atom. The van der Waals surface area contributed by atoms with Crippen molar-refractivity contribution >= 4 is 28.8 Å². The molecule has 1 aromatic carbocycles. The molecule has 1 aromatic heterocycles. The molecule has 2 aromatic rings. The van der Waals surface area contributed by atoms with E-state index in [1.54, 1.807) is 11.3 Å². The number of hydrogen-bond acceptors (Lipinski definition) is 2. The SMILES string of the molecule is O=C(c1ccsc1)N1CCCC[C@@H](c2ccc(Cl)cc2)C1. The van der Waals surface area contributed by atoms with E-state index in [9.17, 15) is 4.79 Å². The van der Waals surface area contributed by atoms with Crippen LogP contribution >= 0.6 is 22.9 Å². The summed E-state index contributed by atoms with van der Waals surface area (Å²) in [5.41, 5.74) is 2.10. The molecule has 0 saturated carbocycles. The lowest BCUT2D eigenvalue weighted by Crippen LogP contribution is -2.33. The Bertz CT molecular complexity index is 594. The zero-order valence-electron chi connectivity index (χ0n) is 11.8. The number of benzene rings is 1. The Morgan fingerprint density at radius 1 is 1.19 bits per heavy atom. The number of likely N-dealkylation sites (tertiary alicyclic amines) is 1. The highest BCUT2D eigenvalue weighted by Gasteiger charge is 2.24. The molecular weight excluding hydrogens is 302 g/mol. The van der Waals surface area contributed by atoms with Gasteiger partial charge in [0.05, 0.1) is 5.56 Å². The second-order valence-electron chi connectivity index (χ2n) is 5.51. The molecule has 1 atom stereocenters. The third-order valence-electron chi connectivity index (χ3n) is 4.07. The molecule has 0 aliphatic carbocycles. The molecule has 0 N–H and O–H groups in total. The van der Waals surface area contributed by atoms with Crippen molar-refractivity contribution < 1.29 is 4.79 Å². The Labute approximate surface area is 134 Å². The van der Waals surface area contributed by atoms with Crippen molar-refractivity contribution in [2.45, 2.75) is 25.2 Å². The Morgan fingerprint density at radius 3 is 2.71 bits per heavy atom. The van der Waals surface area contributed by atoms with Gasteiger partial charge in [0.1, 0.15) is 0 Å². The van der Waals surface area contributed by atoms with Crippen molar-refractivity contribution in [1.29, 1.82) is 0 Å². The van der Waals surface area contributed by atoms with Crippen LogP contribution in [0.3, 0.4) is 0 Å². The zero-order chi connectivity index (χ0) is 14.7. The molecule has 21 heavy (non-hydrogen) atoms. The fraction of sp³-hybridized carbons (Fsp3) is 0.353. The van der Waals surface area contributed by atoms with Crippen LogP contribution in [0.5, 0.6) is 0 Å². The van der Waals surface area contributed by atoms with Crippen LogP contribution in [-0.2, 0) is 0 Å². The first kappa shape index (κ1) is 14.6. The summed E-state index contributed by atoms with van der Waals surface area (Å²) in [4.78, 5) is 14.6. The number of thiophene rings is 1. The fourth-order valence-electron chi connectivity index (χ4n) is 2.90. The van der Waals surface area contributed by atoms with Gasteiger partial charge in [0.25, 0.3) is 5.91 Å². The quantitative estimate of drug-likeness (QED) is 0.777. The van der Waals surface area contributed by atoms with Gasteiger partial charge in [-0.3, -0.25) is 4.79 Å². The van der Waals surface area contributed by atoms with Gasteiger partial charge >= 0.3 is 0 Å². The standard InChI is InChI=1S/C17H18ClNOS/c18-16-6-4-13(5-7-16)14-3-1-2-9-19(11-14)17(20)15-8-10-21-12-15/h4-8,10,12,14H,1-3,9,11H2/t14-/m1/s1. The Hall–Kier alpha value is -1.32. The van der Waals surface area contributed by atoms with Crippen molar-refractivity contribution in [2.75, 3.05) is 13.1 Å². The van der Waals surface area contributed by atoms with E-state index in [-0.39, 0.29) is 5.91 Å². The van der Waals surface area contributed by atoms with Gasteiger partial charge in [-0.1, -0.05) is 30.2 Å². The van der Waals surface area contributed by atoms with Crippen LogP contribution in [0.25, 0.3) is 0 Å². The average Bonchev–Trinajstić information content (AvgIpc) is 2.92. The van der Waals surface area contributed by atoms with E-state index in [1.165, 1.54) is 12.0 Å². The lowest BCUT2D eigenvalue weighted by Gasteiger charge is -2.24. The molecule has 1 aliphatic heterocycles. The molecule has 2 heterocycles. The number of hydrogen-bond donors (Lipinski definition) is 0. The number of carbonyl (C=O) groups excluding carboxylic acids is 1. The normalized spacial score (nSPS) is 19.3. The van der Waals surface area contributed by atoms with Crippen LogP contribution < -0.4 is 0 Å². The lowest BCUT2D eigenvalue weighted by atomic mass is 9.94. The third kappa shape index (κ3) is 3.47. The molecule has 0 radical (unpaired) electrons. The second-order valence-corrected chi connectivity index (χ2v) is 6.72. The number of amides is 1. The fourth-order valence-corrected chi connectivity index (χ4v) is 3.66. The maximum atomic E-state index is 12.6. The summed E-state index contributed by atoms with van der Waals surface area (Å²) in [5.74, 6) is 0.574. The number of carbonyl (C=O) groups is 1. The molecule has 2 nitrogen and oxygen atoms in total. The van der Waals surface area contributed by atoms with Gasteiger partial charge in [0.2, 0.25) is 0 Å². The van der Waals surface area contributed by atoms with Crippen LogP contribution in [0.1, 0.15) is 41.1 Å². The lowest BCUT2D eigenvalue weighted by molar-refractivity contribution is 0.0755. The van der Waals surface area contributed by atoms with E-state index in [0.717, 1.165) is 36.5 Å². The van der Waals surface area contributed by atoms with Crippen molar-refractivity contribution in [3.8, 4) is 0 Å². The van der Waals surface area contributed by atoms with Gasteiger partial charge in [-0.05, 0) is 42.0 Å². The molecule has 1 fully saturated rings. The molecule has 110 valence electrons. The Kier molecular flexibility index (Phi) is 4.61. The van der Waals surface area contributed by atoms with Gasteiger partial charge in [-0.2, -0.15) is 11.3 Å². The minimum absolute atomic E-state index is 0.164. The maximum Gasteiger partial charge on any atom is 0.254 e. The predicted molar refractivity (Wildman–Crippen MR) is 88.3 cm³/mol. The second kappa shape index (κ2) is 6.63. The molecule has 0 spiro atoms. The van der Waals surface area contributed by atoms with Crippen LogP contribution in [0.4, 0.5) is 0 Å². The topological polar surface area (TPSA) is 20.3 Å². The molecule has 1 amide bonds. The molecular formula is C17H18ClNOS. The summed E-state index contributed by atoms with van der Waals surface area (Å²) in [6.07, 6.45) is 3.38. The smallest absolute Gasteiger partial charge is 0.254 e. The summed E-state index contributed by atoms with van der Waals surface area (Å²) in [6, 6.07) is 9.96. The summed E-state index contributed by atoms with van der Waals surface area (Å²) >= 11 is 7.54.